The smallest absolute Gasteiger partial charge is 0.354 e. The van der Waals surface area contributed by atoms with Crippen LogP contribution in [0.15, 0.2) is 72.6 Å². The minimum Gasteiger partial charge on any atom is -0.464 e. The zero-order valence-corrected chi connectivity index (χ0v) is 21.5. The molecule has 0 spiro atoms. The molecule has 0 radical (unpaired) electrons. The van der Waals surface area contributed by atoms with Crippen molar-refractivity contribution >= 4 is 34.8 Å². The number of hydrogen-bond acceptors (Lipinski definition) is 5. The zero-order chi connectivity index (χ0) is 28.1. The van der Waals surface area contributed by atoms with Crippen molar-refractivity contribution in [3.05, 3.63) is 118 Å². The highest BCUT2D eigenvalue weighted by Gasteiger charge is 2.20. The van der Waals surface area contributed by atoms with Gasteiger partial charge in [-0.3, -0.25) is 14.6 Å². The number of hydrogen-bond donors (Lipinski definition) is 2. The topological polar surface area (TPSA) is 97.4 Å². The van der Waals surface area contributed by atoms with Crippen LogP contribution in [0.25, 0.3) is 17.0 Å². The number of nitrogens with zero attached hydrogens (tertiary/aromatic N) is 1. The van der Waals surface area contributed by atoms with E-state index in [-0.39, 0.29) is 28.9 Å². The van der Waals surface area contributed by atoms with Gasteiger partial charge in [-0.2, -0.15) is 0 Å². The van der Waals surface area contributed by atoms with E-state index in [2.05, 4.69) is 15.6 Å². The van der Waals surface area contributed by atoms with Crippen molar-refractivity contribution in [2.75, 3.05) is 7.11 Å². The maximum absolute atomic E-state index is 13.4. The van der Waals surface area contributed by atoms with Crippen molar-refractivity contribution in [2.24, 2.45) is 0 Å². The normalized spacial score (nSPS) is 11.3. The molecule has 0 aliphatic heterocycles. The summed E-state index contributed by atoms with van der Waals surface area (Å²) in [6.45, 7) is 3.25. The fraction of sp³-hybridized carbons (Fsp3) is 0.133. The number of esters is 1. The van der Waals surface area contributed by atoms with Crippen molar-refractivity contribution in [1.29, 1.82) is 0 Å². The maximum Gasteiger partial charge on any atom is 0.354 e. The van der Waals surface area contributed by atoms with Gasteiger partial charge >= 0.3 is 5.97 Å². The van der Waals surface area contributed by atoms with Gasteiger partial charge in [0.2, 0.25) is 0 Å². The Morgan fingerprint density at radius 2 is 1.59 bits per heavy atom. The van der Waals surface area contributed by atoms with E-state index in [1.807, 2.05) is 30.3 Å². The molecule has 1 aromatic heterocycles. The summed E-state index contributed by atoms with van der Waals surface area (Å²) in [4.78, 5) is 42.8. The largest absolute Gasteiger partial charge is 0.464 e. The lowest BCUT2D eigenvalue weighted by atomic mass is 9.98. The van der Waals surface area contributed by atoms with Gasteiger partial charge in [-0.05, 0) is 78.6 Å². The average molecular weight is 530 g/mol. The number of nitrogens with one attached hydrogen (secondary N) is 2. The van der Waals surface area contributed by atoms with E-state index in [1.165, 1.54) is 25.3 Å². The summed E-state index contributed by atoms with van der Waals surface area (Å²) in [6, 6.07) is 15.4. The van der Waals surface area contributed by atoms with Gasteiger partial charge < -0.3 is 15.4 Å². The van der Waals surface area contributed by atoms with Crippen LogP contribution in [0.4, 0.5) is 8.78 Å². The van der Waals surface area contributed by atoms with Crippen LogP contribution in [0.3, 0.4) is 0 Å². The van der Waals surface area contributed by atoms with E-state index in [4.69, 9.17) is 4.74 Å². The van der Waals surface area contributed by atoms with Crippen molar-refractivity contribution < 1.29 is 27.9 Å². The lowest BCUT2D eigenvalue weighted by molar-refractivity contribution is -0.136. The van der Waals surface area contributed by atoms with Gasteiger partial charge in [0.05, 0.1) is 12.6 Å². The Hall–Kier alpha value is -4.92. The number of pyridine rings is 1. The third-order valence-corrected chi connectivity index (χ3v) is 5.97. The molecule has 0 aliphatic rings. The van der Waals surface area contributed by atoms with Crippen molar-refractivity contribution in [1.82, 2.24) is 15.6 Å². The average Bonchev–Trinajstić information content (AvgIpc) is 2.89. The van der Waals surface area contributed by atoms with E-state index in [0.717, 1.165) is 29.1 Å². The molecular weight excluding hydrogens is 504 g/mol. The Bertz CT molecular complexity index is 1590. The summed E-state index contributed by atoms with van der Waals surface area (Å²) in [7, 11) is 1.21. The Morgan fingerprint density at radius 1 is 0.923 bits per heavy atom. The van der Waals surface area contributed by atoms with E-state index >= 15 is 0 Å². The molecule has 0 unspecified atom stereocenters. The highest BCUT2D eigenvalue weighted by molar-refractivity contribution is 6.05. The predicted molar refractivity (Wildman–Crippen MR) is 143 cm³/mol. The number of fused-ring (bicyclic) bond motifs is 1. The van der Waals surface area contributed by atoms with Gasteiger partial charge in [-0.25, -0.2) is 13.6 Å². The molecule has 0 saturated heterocycles. The molecule has 0 saturated carbocycles. The summed E-state index contributed by atoms with van der Waals surface area (Å²) in [6.07, 6.45) is 3.06. The van der Waals surface area contributed by atoms with Gasteiger partial charge in [0.25, 0.3) is 11.8 Å². The number of halogens is 2. The monoisotopic (exact) mass is 529 g/mol. The predicted octanol–water partition coefficient (Wildman–Crippen LogP) is 5.00. The minimum atomic E-state index is -0.739. The first-order valence-electron chi connectivity index (χ1n) is 11.9. The van der Waals surface area contributed by atoms with Crippen molar-refractivity contribution in [2.45, 2.75) is 20.4 Å². The number of amides is 2. The van der Waals surface area contributed by atoms with Gasteiger partial charge in [0.1, 0.15) is 17.3 Å². The molecule has 0 aliphatic carbocycles. The molecule has 4 aromatic rings. The van der Waals surface area contributed by atoms with Crippen LogP contribution in [0.1, 0.15) is 43.0 Å². The highest BCUT2D eigenvalue weighted by atomic mass is 19.1. The van der Waals surface area contributed by atoms with E-state index in [1.54, 1.807) is 20.0 Å². The summed E-state index contributed by atoms with van der Waals surface area (Å²) in [5.74, 6) is -3.25. The highest BCUT2D eigenvalue weighted by Crippen LogP contribution is 2.19. The Kier molecular flexibility index (Phi) is 8.10. The number of aromatic nitrogens is 1. The standard InChI is InChI=1S/C30H25F2N3O4/c1-17-8-22(28(36)34-16-20-11-23(31)14-24(32)12-20)9-18(2)27(17)29(37)35-26(30(38)39-3)13-19-10-21-6-4-5-7-25(21)33-15-19/h4-15H,16H2,1-3H3,(H,34,36)(H,35,37)/b26-13-. The van der Waals surface area contributed by atoms with Crippen LogP contribution in [-0.2, 0) is 16.1 Å². The summed E-state index contributed by atoms with van der Waals surface area (Å²) in [5, 5.41) is 6.10. The number of benzene rings is 3. The molecule has 2 amide bonds. The van der Waals surface area contributed by atoms with Gasteiger partial charge in [0, 0.05) is 35.3 Å². The fourth-order valence-corrected chi connectivity index (χ4v) is 4.22. The summed E-state index contributed by atoms with van der Waals surface area (Å²) < 4.78 is 31.7. The third kappa shape index (κ3) is 6.51. The van der Waals surface area contributed by atoms with Crippen LogP contribution in [0.5, 0.6) is 0 Å². The zero-order valence-electron chi connectivity index (χ0n) is 21.5. The first kappa shape index (κ1) is 27.1. The van der Waals surface area contributed by atoms with Crippen molar-refractivity contribution in [3.8, 4) is 0 Å². The number of ether oxygens (including phenoxy) is 1. The van der Waals surface area contributed by atoms with Crippen molar-refractivity contribution in [3.63, 3.8) is 0 Å². The Morgan fingerprint density at radius 3 is 2.26 bits per heavy atom. The molecule has 7 nitrogen and oxygen atoms in total. The number of methoxy groups -OCH3 is 1. The molecule has 39 heavy (non-hydrogen) atoms. The van der Waals surface area contributed by atoms with Crippen LogP contribution >= 0.6 is 0 Å². The number of carbonyl (C=O) groups is 3. The van der Waals surface area contributed by atoms with Crippen LogP contribution < -0.4 is 10.6 Å². The second-order valence-electron chi connectivity index (χ2n) is 8.91. The van der Waals surface area contributed by atoms with Gasteiger partial charge in [-0.1, -0.05) is 18.2 Å². The lowest BCUT2D eigenvalue weighted by Crippen LogP contribution is -2.29. The summed E-state index contributed by atoms with van der Waals surface area (Å²) in [5.41, 5.74) is 3.10. The minimum absolute atomic E-state index is 0.0786. The molecule has 0 atom stereocenters. The maximum atomic E-state index is 13.4. The quantitative estimate of drug-likeness (QED) is 0.259. The van der Waals surface area contributed by atoms with E-state index < -0.39 is 29.4 Å². The molecule has 1 heterocycles. The molecule has 0 fully saturated rings. The van der Waals surface area contributed by atoms with Crippen LogP contribution in [0.2, 0.25) is 0 Å². The molecule has 4 rings (SSSR count). The van der Waals surface area contributed by atoms with Gasteiger partial charge in [-0.15, -0.1) is 0 Å². The summed E-state index contributed by atoms with van der Waals surface area (Å²) >= 11 is 0. The number of rotatable bonds is 7. The first-order valence-corrected chi connectivity index (χ1v) is 11.9. The molecule has 2 N–H and O–H groups in total. The number of para-hydroxylation sites is 1. The molecule has 0 bridgehead atoms. The third-order valence-electron chi connectivity index (χ3n) is 5.97. The Balaban J connectivity index is 1.54. The fourth-order valence-electron chi connectivity index (χ4n) is 4.22. The molecule has 198 valence electrons. The van der Waals surface area contributed by atoms with E-state index in [0.29, 0.717) is 16.7 Å². The molecular formula is C30H25F2N3O4. The van der Waals surface area contributed by atoms with Crippen LogP contribution in [0, 0.1) is 25.5 Å². The molecule has 3 aromatic carbocycles. The molecule has 9 heteroatoms. The Labute approximate surface area is 223 Å². The SMILES string of the molecule is COC(=O)/C(=C/c1cnc2ccccc2c1)NC(=O)c1c(C)cc(C(=O)NCc2cc(F)cc(F)c2)cc1C. The first-order chi connectivity index (χ1) is 18.6. The van der Waals surface area contributed by atoms with Gasteiger partial charge in [0.15, 0.2) is 0 Å². The second-order valence-corrected chi connectivity index (χ2v) is 8.91. The number of carbonyl (C=O) groups excluding carboxylic acids is 3. The number of aryl methyl sites for hydroxylation is 2. The lowest BCUT2D eigenvalue weighted by Gasteiger charge is -2.14. The second kappa shape index (κ2) is 11.6. The van der Waals surface area contributed by atoms with E-state index in [9.17, 15) is 23.2 Å². The van der Waals surface area contributed by atoms with Crippen LogP contribution in [-0.4, -0.2) is 29.9 Å².